The molecule has 6 aromatic carbocycles. The number of phenolic OH excluding ortho intramolecular Hbond substituents is 2. The summed E-state index contributed by atoms with van der Waals surface area (Å²) in [6.45, 7) is 14.8. The number of rotatable bonds is 44. The Bertz CT molecular complexity index is 5250. The number of nitrogens with one attached hydrogen (secondary N) is 5. The first kappa shape index (κ1) is 120. The van der Waals surface area contributed by atoms with Crippen LogP contribution in [0.15, 0.2) is 281 Å². The number of imidazole rings is 4. The Hall–Kier alpha value is -11.9. The van der Waals surface area contributed by atoms with E-state index in [9.17, 15) is 10.2 Å². The van der Waals surface area contributed by atoms with Crippen molar-refractivity contribution < 1.29 is 110 Å². The highest BCUT2D eigenvalue weighted by Crippen LogP contribution is 2.36. The molecule has 0 radical (unpaired) electrons. The van der Waals surface area contributed by atoms with Crippen LogP contribution in [0.1, 0.15) is 128 Å². The number of aromatic nitrogens is 10. The lowest BCUT2D eigenvalue weighted by atomic mass is 10.1. The van der Waals surface area contributed by atoms with Crippen LogP contribution >= 0.6 is 11.6 Å². The Labute approximate surface area is 837 Å². The number of aliphatic hydroxyl groups excluding tert-OH is 2. The molecule has 6 aromatic heterocycles. The molecule has 33 nitrogen and oxygen atoms in total. The highest BCUT2D eigenvalue weighted by atomic mass is 35.5. The van der Waals surface area contributed by atoms with Gasteiger partial charge in [-0.05, 0) is 224 Å². The summed E-state index contributed by atoms with van der Waals surface area (Å²) in [5.74, 6) is 5.00. The third-order valence-corrected chi connectivity index (χ3v) is 20.5. The molecule has 0 bridgehead atoms. The molecule has 0 spiro atoms. The van der Waals surface area contributed by atoms with Crippen molar-refractivity contribution in [3.05, 3.63) is 231 Å². The number of alkyl halides is 1. The largest absolute Gasteiger partial charge is 1.00 e. The number of azo groups is 6. The molecule has 0 aliphatic heterocycles. The Morgan fingerprint density at radius 2 is 0.728 bits per heavy atom. The van der Waals surface area contributed by atoms with Gasteiger partial charge in [0.2, 0.25) is 0 Å². The van der Waals surface area contributed by atoms with Crippen molar-refractivity contribution in [3.8, 4) is 17.2 Å². The normalized spacial score (nSPS) is 10.7. The zero-order chi connectivity index (χ0) is 94.2. The molecule has 6 heterocycles. The van der Waals surface area contributed by atoms with Gasteiger partial charge in [-0.2, -0.15) is 0 Å². The zero-order valence-electron chi connectivity index (χ0n) is 80.6. The fourth-order valence-electron chi connectivity index (χ4n) is 12.8. The van der Waals surface area contributed by atoms with Crippen LogP contribution < -0.4 is 122 Å². The van der Waals surface area contributed by atoms with Crippen LogP contribution in [0.2, 0.25) is 0 Å². The Kier molecular flexibility index (Phi) is 61.7. The summed E-state index contributed by atoms with van der Waals surface area (Å²) in [6, 6.07) is 46.0. The van der Waals surface area contributed by atoms with E-state index in [0.29, 0.717) is 30.3 Å². The van der Waals surface area contributed by atoms with E-state index in [2.05, 4.69) is 104 Å². The van der Waals surface area contributed by atoms with E-state index < -0.39 is 0 Å². The van der Waals surface area contributed by atoms with Gasteiger partial charge in [0.15, 0.2) is 12.4 Å². The lowest BCUT2D eigenvalue weighted by molar-refractivity contribution is -0.696. The molecule has 11 N–H and O–H groups in total. The molecule has 0 saturated heterocycles. The van der Waals surface area contributed by atoms with Crippen molar-refractivity contribution in [2.24, 2.45) is 123 Å². The van der Waals surface area contributed by atoms with Gasteiger partial charge in [0.25, 0.3) is 0 Å². The van der Waals surface area contributed by atoms with E-state index in [1.165, 1.54) is 19.3 Å². The predicted octanol–water partition coefficient (Wildman–Crippen LogP) is 6.53. The summed E-state index contributed by atoms with van der Waals surface area (Å²) < 4.78 is 22.6. The number of unbranched alkanes of at least 4 members (excludes halogenated alkanes) is 12. The van der Waals surface area contributed by atoms with Crippen molar-refractivity contribution >= 4 is 109 Å². The molecular formula is C97H138Cl6N28O5. The standard InChI is InChI=1S/C31H39N9O.C17H24ClN5.C17H25N5O.C14H16N4O.C12H15N4O.C6H15NO.5ClH/c1-5-32-28-22-30(41)29(21-24(28)2)36-35-27-11-10-18-40(23-27)17-9-7-6-8-16-33-25-12-14-26(15-13-25)34-37-31-38(3)19-20-39(31)4;1-22-13-14-23(2)17(22)21-20-16-9-7-15(8-10-16)19-12-6-4-3-5-11-18;1-21-12-13-22(2)17(21)20-19-16-9-7-15(8-10-16)18-11-5-3-4-6-14-23;1-3-16-12-8-14(19)13(7-10(12)2)18-17-11-5-4-6-15-9-11;1-15-8-9-16(2)12(15)14-13-10-4-6-11(17-3)7-5-10;7-5-3-1-2-4-6-8;;;;;/h10-15,18-23H,5-9,16-17H2,1-4H3,(H-,32,35,41);7-10,13-14H,3-6,11-12H2,1-2H3;7-10,12-13,23H,3-6,11,14H2,1-2H3;4-9,16,19H,3H2,1-2H3;4-9H,1-3H3;8H,1-7H2;5*1H/q;;;;+1;;;;;;/p-1. The second-order valence-electron chi connectivity index (χ2n) is 31.1. The van der Waals surface area contributed by atoms with Gasteiger partial charge >= 0.3 is 23.8 Å². The monoisotopic (exact) mass is 1980 g/mol. The molecule has 0 unspecified atom stereocenters. The molecule has 738 valence electrons. The minimum atomic E-state index is 0. The first-order valence-corrected chi connectivity index (χ1v) is 45.4. The number of nitrogens with zero attached hydrogens (tertiary/aromatic N) is 22. The number of ether oxygens (including phenoxy) is 1. The first-order valence-electron chi connectivity index (χ1n) is 44.9. The molecule has 0 aliphatic rings. The number of methoxy groups -OCH3 is 1. The fourth-order valence-corrected chi connectivity index (χ4v) is 12.9. The first-order chi connectivity index (χ1) is 63.6. The van der Waals surface area contributed by atoms with Crippen molar-refractivity contribution in [2.75, 3.05) is 92.1 Å². The number of hydrogen-bond donors (Lipinski definition) is 10. The minimum Gasteiger partial charge on any atom is -1.00 e. The molecule has 0 atom stereocenters. The third-order valence-electron chi connectivity index (χ3n) is 20.3. The number of aryl methyl sites for hydroxylation is 11. The molecule has 0 amide bonds. The Balaban J connectivity index is 0.000000578. The van der Waals surface area contributed by atoms with Gasteiger partial charge in [-0.3, -0.25) is 4.98 Å². The molecule has 0 fully saturated rings. The topological polar surface area (TPSA) is 377 Å². The van der Waals surface area contributed by atoms with E-state index in [1.54, 1.807) is 49.8 Å². The average molecular weight is 1990 g/mol. The molecule has 0 saturated carbocycles. The summed E-state index contributed by atoms with van der Waals surface area (Å²) in [4.78, 5) is 3.95. The van der Waals surface area contributed by atoms with Gasteiger partial charge in [0, 0.05) is 132 Å². The van der Waals surface area contributed by atoms with Gasteiger partial charge in [-0.1, -0.05) is 65.4 Å². The van der Waals surface area contributed by atoms with Gasteiger partial charge in [-0.25, -0.2) is 41.1 Å². The molecule has 12 aromatic rings. The second kappa shape index (κ2) is 69.8. The summed E-state index contributed by atoms with van der Waals surface area (Å²) in [5.41, 5.74) is 18.0. The highest BCUT2D eigenvalue weighted by molar-refractivity contribution is 6.17. The van der Waals surface area contributed by atoms with Crippen LogP contribution in [0.3, 0.4) is 0 Å². The lowest BCUT2D eigenvalue weighted by Crippen LogP contribution is -3.00. The second-order valence-corrected chi connectivity index (χ2v) is 31.4. The maximum atomic E-state index is 10.3. The van der Waals surface area contributed by atoms with E-state index in [4.69, 9.17) is 32.3 Å². The number of aliphatic hydroxyl groups is 2. The van der Waals surface area contributed by atoms with Gasteiger partial charge in [-0.15, -0.1) is 32.1 Å². The van der Waals surface area contributed by atoms with Crippen LogP contribution in [0.5, 0.6) is 17.2 Å². The molecule has 136 heavy (non-hydrogen) atoms. The highest BCUT2D eigenvalue weighted by Gasteiger charge is 2.16. The van der Waals surface area contributed by atoms with Crippen molar-refractivity contribution in [1.82, 2.24) is 23.3 Å². The van der Waals surface area contributed by atoms with E-state index in [1.807, 2.05) is 292 Å². The minimum absolute atomic E-state index is 0. The number of phenols is 2. The van der Waals surface area contributed by atoms with Crippen LogP contribution in [0, 0.1) is 13.8 Å². The lowest BCUT2D eigenvalue weighted by Gasteiger charge is -2.09. The number of nitrogens with two attached hydrogens (primary N) is 1. The van der Waals surface area contributed by atoms with Crippen LogP contribution in [-0.4, -0.2) is 109 Å². The summed E-state index contributed by atoms with van der Waals surface area (Å²) in [7, 11) is 17.2. The zero-order valence-corrected chi connectivity index (χ0v) is 85.1. The predicted molar refractivity (Wildman–Crippen MR) is 522 cm³/mol. The molecule has 12 rings (SSSR count). The number of benzene rings is 6. The maximum absolute atomic E-state index is 10.3. The number of hydrogen-bond acceptors (Lipinski definition) is 24. The molecular weight excluding hydrogens is 1850 g/mol. The summed E-state index contributed by atoms with van der Waals surface area (Å²) >= 11 is 5.67. The molecule has 39 heteroatoms. The number of halogens is 6. The van der Waals surface area contributed by atoms with Crippen molar-refractivity contribution in [3.63, 3.8) is 0 Å². The van der Waals surface area contributed by atoms with Crippen LogP contribution in [0.4, 0.5) is 97.7 Å². The number of aromatic hydroxyl groups is 2. The fraction of sp³-hybridized carbons (Fsp3) is 0.402. The number of anilines is 5. The van der Waals surface area contributed by atoms with E-state index in [-0.39, 0.29) is 73.5 Å². The van der Waals surface area contributed by atoms with E-state index in [0.717, 1.165) is 233 Å². The summed E-state index contributed by atoms with van der Waals surface area (Å²) in [6.07, 6.45) is 40.7. The average Bonchev–Trinajstić information content (AvgIpc) is 1.50. The quantitative estimate of drug-likeness (QED) is 0.00844. The Morgan fingerprint density at radius 3 is 1.06 bits per heavy atom. The Morgan fingerprint density at radius 1 is 0.390 bits per heavy atom. The summed E-state index contributed by atoms with van der Waals surface area (Å²) in [5, 5.41) is 105. The van der Waals surface area contributed by atoms with Crippen LogP contribution in [-0.2, 0) is 62.9 Å². The molecule has 0 aliphatic carbocycles. The van der Waals surface area contributed by atoms with Crippen molar-refractivity contribution in [1.29, 1.82) is 0 Å². The SMILES string of the molecule is CCNc1cc(O)c(N=Nc2ccc[n+](CCCCCCNc3ccc(N=Nc4n(C)cc[n+]4C)cc3)c2)cc1C.CCNc1cc(O)c(N=Nc2cccnc2)cc1C.COc1ccc(N=Nc2n(C)cc[n+]2C)cc1.Cn1cc[n+](C)c1N=Nc1ccc(NCCCCCCCl)cc1.Cn1cc[n+](C)c1N=Nc1ccc(NCCCCCCO)cc1.NCCCCCCO.[Cl-].[Cl-].[Cl-].[Cl-].[Cl-]. The maximum Gasteiger partial charge on any atom is 0.421 e. The van der Waals surface area contributed by atoms with E-state index >= 15 is 0 Å². The van der Waals surface area contributed by atoms with Crippen molar-refractivity contribution in [2.45, 2.75) is 137 Å². The van der Waals surface area contributed by atoms with Gasteiger partial charge in [0.05, 0.1) is 119 Å². The smallest absolute Gasteiger partial charge is 0.421 e. The third kappa shape index (κ3) is 45.2. The number of pyridine rings is 2. The van der Waals surface area contributed by atoms with Gasteiger partial charge in [0.1, 0.15) is 69.3 Å². The van der Waals surface area contributed by atoms with Crippen LogP contribution in [0.25, 0.3) is 0 Å². The van der Waals surface area contributed by atoms with Gasteiger partial charge < -0.3 is 120 Å².